The molecule has 0 N–H and O–H groups in total. The van der Waals surface area contributed by atoms with E-state index in [9.17, 15) is 14.9 Å². The van der Waals surface area contributed by atoms with E-state index in [2.05, 4.69) is 0 Å². The standard InChI is InChI=1S/C10H10ClNO4S/c1-6(17-2)10(13)16-7-3-4-9(12(14)15)8(11)5-7/h3-6H,1-2H3. The number of carbonyl (C=O) groups is 1. The first kappa shape index (κ1) is 13.8. The molecule has 92 valence electrons. The second-order valence-electron chi connectivity index (χ2n) is 3.17. The molecule has 1 rings (SSSR count). The summed E-state index contributed by atoms with van der Waals surface area (Å²) < 4.78 is 5.02. The lowest BCUT2D eigenvalue weighted by atomic mass is 10.3. The molecular formula is C10H10ClNO4S. The molecule has 1 aromatic carbocycles. The van der Waals surface area contributed by atoms with Gasteiger partial charge >= 0.3 is 5.97 Å². The van der Waals surface area contributed by atoms with Crippen molar-refractivity contribution in [2.75, 3.05) is 6.26 Å². The molecule has 0 aliphatic carbocycles. The number of ether oxygens (including phenoxy) is 1. The molecule has 0 amide bonds. The molecule has 0 heterocycles. The fourth-order valence-corrected chi connectivity index (χ4v) is 1.47. The summed E-state index contributed by atoms with van der Waals surface area (Å²) in [6, 6.07) is 3.80. The Morgan fingerprint density at radius 3 is 2.71 bits per heavy atom. The smallest absolute Gasteiger partial charge is 0.324 e. The van der Waals surface area contributed by atoms with Crippen molar-refractivity contribution in [3.63, 3.8) is 0 Å². The minimum Gasteiger partial charge on any atom is -0.426 e. The quantitative estimate of drug-likeness (QED) is 0.366. The Bertz CT molecular complexity index is 452. The van der Waals surface area contributed by atoms with Crippen molar-refractivity contribution >= 4 is 35.0 Å². The Kier molecular flexibility index (Phi) is 4.77. The number of nitro groups is 1. The Balaban J connectivity index is 2.84. The van der Waals surface area contributed by atoms with Gasteiger partial charge in [-0.05, 0) is 19.2 Å². The first-order chi connectivity index (χ1) is 7.95. The van der Waals surface area contributed by atoms with E-state index in [-0.39, 0.29) is 21.7 Å². The van der Waals surface area contributed by atoms with Crippen molar-refractivity contribution in [2.24, 2.45) is 0 Å². The van der Waals surface area contributed by atoms with Crippen molar-refractivity contribution < 1.29 is 14.5 Å². The Hall–Kier alpha value is -1.27. The van der Waals surface area contributed by atoms with Gasteiger partial charge in [0.05, 0.1) is 10.2 Å². The van der Waals surface area contributed by atoms with E-state index < -0.39 is 10.9 Å². The van der Waals surface area contributed by atoms with E-state index in [4.69, 9.17) is 16.3 Å². The highest BCUT2D eigenvalue weighted by molar-refractivity contribution is 7.99. The number of thioether (sulfide) groups is 1. The lowest BCUT2D eigenvalue weighted by molar-refractivity contribution is -0.384. The summed E-state index contributed by atoms with van der Waals surface area (Å²) in [5, 5.41) is 10.2. The van der Waals surface area contributed by atoms with E-state index in [1.807, 2.05) is 0 Å². The largest absolute Gasteiger partial charge is 0.426 e. The molecule has 5 nitrogen and oxygen atoms in total. The Morgan fingerprint density at radius 1 is 1.59 bits per heavy atom. The second kappa shape index (κ2) is 5.88. The number of halogens is 1. The van der Waals surface area contributed by atoms with Gasteiger partial charge in [-0.2, -0.15) is 11.8 Å². The van der Waals surface area contributed by atoms with Gasteiger partial charge in [-0.25, -0.2) is 0 Å². The van der Waals surface area contributed by atoms with Crippen molar-refractivity contribution in [3.05, 3.63) is 33.3 Å². The molecule has 1 aromatic rings. The summed E-state index contributed by atoms with van der Waals surface area (Å²) in [7, 11) is 0. The molecule has 0 bridgehead atoms. The van der Waals surface area contributed by atoms with Crippen molar-refractivity contribution in [1.82, 2.24) is 0 Å². The van der Waals surface area contributed by atoms with E-state index in [1.165, 1.54) is 30.0 Å². The number of benzene rings is 1. The van der Waals surface area contributed by atoms with Gasteiger partial charge in [0.1, 0.15) is 10.8 Å². The molecule has 0 aromatic heterocycles. The summed E-state index contributed by atoms with van der Waals surface area (Å²) in [5.41, 5.74) is -0.218. The number of hydrogen-bond acceptors (Lipinski definition) is 5. The molecule has 17 heavy (non-hydrogen) atoms. The number of hydrogen-bond donors (Lipinski definition) is 0. The maximum Gasteiger partial charge on any atom is 0.324 e. The van der Waals surface area contributed by atoms with Gasteiger partial charge in [0.2, 0.25) is 0 Å². The fourth-order valence-electron chi connectivity index (χ4n) is 0.995. The molecule has 0 saturated carbocycles. The van der Waals surface area contributed by atoms with Gasteiger partial charge in [-0.3, -0.25) is 14.9 Å². The Labute approximate surface area is 107 Å². The van der Waals surface area contributed by atoms with E-state index in [1.54, 1.807) is 13.2 Å². The highest BCUT2D eigenvalue weighted by Crippen LogP contribution is 2.28. The molecule has 0 radical (unpaired) electrons. The van der Waals surface area contributed by atoms with Crippen molar-refractivity contribution in [3.8, 4) is 5.75 Å². The molecule has 0 saturated heterocycles. The zero-order chi connectivity index (χ0) is 13.0. The number of nitro benzene ring substituents is 1. The van der Waals surface area contributed by atoms with Crippen LogP contribution in [0, 0.1) is 10.1 Å². The third-order valence-corrected chi connectivity index (χ3v) is 3.22. The lowest BCUT2D eigenvalue weighted by Crippen LogP contribution is -2.19. The summed E-state index contributed by atoms with van der Waals surface area (Å²) >= 11 is 7.03. The zero-order valence-electron chi connectivity index (χ0n) is 9.18. The first-order valence-corrected chi connectivity index (χ1v) is 6.30. The number of nitrogens with zero attached hydrogens (tertiary/aromatic N) is 1. The van der Waals surface area contributed by atoms with E-state index >= 15 is 0 Å². The minimum atomic E-state index is -0.599. The van der Waals surface area contributed by atoms with Crippen LogP contribution < -0.4 is 4.74 Å². The third kappa shape index (κ3) is 3.61. The highest BCUT2D eigenvalue weighted by atomic mass is 35.5. The molecule has 1 atom stereocenters. The number of esters is 1. The van der Waals surface area contributed by atoms with Crippen LogP contribution in [0.4, 0.5) is 5.69 Å². The lowest BCUT2D eigenvalue weighted by Gasteiger charge is -2.08. The van der Waals surface area contributed by atoms with Crippen LogP contribution >= 0.6 is 23.4 Å². The van der Waals surface area contributed by atoms with Gasteiger partial charge in [0.15, 0.2) is 0 Å². The summed E-state index contributed by atoms with van der Waals surface area (Å²) in [5.74, 6) is -0.214. The van der Waals surface area contributed by atoms with Crippen LogP contribution in [0.15, 0.2) is 18.2 Å². The summed E-state index contributed by atoms with van der Waals surface area (Å²) in [4.78, 5) is 21.4. The predicted molar refractivity (Wildman–Crippen MR) is 66.7 cm³/mol. The topological polar surface area (TPSA) is 69.4 Å². The maximum atomic E-state index is 11.5. The average Bonchev–Trinajstić information content (AvgIpc) is 2.27. The average molecular weight is 276 g/mol. The zero-order valence-corrected chi connectivity index (χ0v) is 10.7. The van der Waals surface area contributed by atoms with Gasteiger partial charge < -0.3 is 4.74 Å². The van der Waals surface area contributed by atoms with Crippen LogP contribution in [0.1, 0.15) is 6.92 Å². The normalized spacial score (nSPS) is 11.9. The predicted octanol–water partition coefficient (Wildman–Crippen LogP) is 2.91. The van der Waals surface area contributed by atoms with Crippen LogP contribution in [-0.2, 0) is 4.79 Å². The van der Waals surface area contributed by atoms with Crippen LogP contribution in [0.5, 0.6) is 5.75 Å². The minimum absolute atomic E-state index is 0.0582. The second-order valence-corrected chi connectivity index (χ2v) is 4.76. The first-order valence-electron chi connectivity index (χ1n) is 4.64. The Morgan fingerprint density at radius 2 is 2.24 bits per heavy atom. The molecule has 0 fully saturated rings. The van der Waals surface area contributed by atoms with Gasteiger partial charge in [0, 0.05) is 12.1 Å². The van der Waals surface area contributed by atoms with E-state index in [0.717, 1.165) is 0 Å². The molecule has 7 heteroatoms. The van der Waals surface area contributed by atoms with Gasteiger partial charge in [-0.1, -0.05) is 11.6 Å². The summed E-state index contributed by atoms with van der Waals surface area (Å²) in [6.07, 6.45) is 1.79. The SMILES string of the molecule is CSC(C)C(=O)Oc1ccc([N+](=O)[O-])c(Cl)c1. The molecule has 1 unspecified atom stereocenters. The highest BCUT2D eigenvalue weighted by Gasteiger charge is 2.17. The third-order valence-electron chi connectivity index (χ3n) is 2.02. The van der Waals surface area contributed by atoms with Crippen LogP contribution in [0.3, 0.4) is 0 Å². The fraction of sp³-hybridized carbons (Fsp3) is 0.300. The van der Waals surface area contributed by atoms with Crippen LogP contribution in [0.2, 0.25) is 5.02 Å². The summed E-state index contributed by atoms with van der Waals surface area (Å²) in [6.45, 7) is 1.71. The van der Waals surface area contributed by atoms with Crippen LogP contribution in [0.25, 0.3) is 0 Å². The monoisotopic (exact) mass is 275 g/mol. The van der Waals surface area contributed by atoms with Gasteiger partial charge in [-0.15, -0.1) is 0 Å². The molecule has 0 aliphatic rings. The van der Waals surface area contributed by atoms with Gasteiger partial charge in [0.25, 0.3) is 5.69 Å². The van der Waals surface area contributed by atoms with Crippen molar-refractivity contribution in [1.29, 1.82) is 0 Å². The number of rotatable bonds is 4. The van der Waals surface area contributed by atoms with Crippen molar-refractivity contribution in [2.45, 2.75) is 12.2 Å². The molecular weight excluding hydrogens is 266 g/mol. The molecule has 0 spiro atoms. The van der Waals surface area contributed by atoms with E-state index in [0.29, 0.717) is 0 Å². The van der Waals surface area contributed by atoms with Crippen LogP contribution in [-0.4, -0.2) is 22.4 Å². The maximum absolute atomic E-state index is 11.5. The number of carbonyl (C=O) groups excluding carboxylic acids is 1. The molecule has 0 aliphatic heterocycles.